The van der Waals surface area contributed by atoms with Gasteiger partial charge < -0.3 is 16.4 Å². The molecule has 1 saturated carbocycles. The normalized spacial score (nSPS) is 14.9. The van der Waals surface area contributed by atoms with Crippen LogP contribution in [0.2, 0.25) is 0 Å². The highest BCUT2D eigenvalue weighted by Crippen LogP contribution is 2.28. The minimum atomic E-state index is -4.43. The third-order valence-electron chi connectivity index (χ3n) is 4.15. The van der Waals surface area contributed by atoms with E-state index in [1.54, 1.807) is 6.92 Å². The largest absolute Gasteiger partial charge is 0.393 e. The molecule has 0 aromatic heterocycles. The van der Waals surface area contributed by atoms with Crippen LogP contribution in [-0.2, 0) is 4.79 Å². The van der Waals surface area contributed by atoms with Crippen LogP contribution >= 0.6 is 0 Å². The number of hydrogen-bond acceptors (Lipinski definition) is 5. The molecule has 1 fully saturated rings. The van der Waals surface area contributed by atoms with Crippen molar-refractivity contribution in [3.63, 3.8) is 0 Å². The highest BCUT2D eigenvalue weighted by Gasteiger charge is 2.31. The summed E-state index contributed by atoms with van der Waals surface area (Å²) in [5, 5.41) is 6.23. The maximum Gasteiger partial charge on any atom is 0.389 e. The molecule has 2 amide bonds. The molecule has 0 aliphatic heterocycles. The Labute approximate surface area is 160 Å². The Morgan fingerprint density at radius 3 is 2.32 bits per heavy atom. The molecule has 7 nitrogen and oxygen atoms in total. The third-order valence-corrected chi connectivity index (χ3v) is 4.15. The molecule has 0 atom stereocenters. The van der Waals surface area contributed by atoms with Crippen LogP contribution in [0.5, 0.6) is 0 Å². The summed E-state index contributed by atoms with van der Waals surface area (Å²) in [6.45, 7) is 2.24. The Balaban J connectivity index is 2.25. The van der Waals surface area contributed by atoms with Crippen molar-refractivity contribution in [2.75, 3.05) is 11.6 Å². The second-order valence-electron chi connectivity index (χ2n) is 6.50. The number of anilines is 1. The van der Waals surface area contributed by atoms with Gasteiger partial charge in [-0.3, -0.25) is 14.6 Å². The van der Waals surface area contributed by atoms with Crippen LogP contribution in [0.4, 0.5) is 18.9 Å². The fourth-order valence-electron chi connectivity index (χ4n) is 2.46. The number of halogens is 3. The fourth-order valence-corrected chi connectivity index (χ4v) is 2.46. The topological polar surface area (TPSA) is 113 Å². The van der Waals surface area contributed by atoms with Gasteiger partial charge in [-0.05, 0) is 44.0 Å². The summed E-state index contributed by atoms with van der Waals surface area (Å²) in [5.41, 5.74) is 6.02. The van der Waals surface area contributed by atoms with Gasteiger partial charge in [0.1, 0.15) is 5.70 Å². The van der Waals surface area contributed by atoms with Crippen LogP contribution in [0.25, 0.3) is 0 Å². The van der Waals surface area contributed by atoms with Gasteiger partial charge >= 0.3 is 6.18 Å². The van der Waals surface area contributed by atoms with Crippen molar-refractivity contribution in [3.05, 3.63) is 41.2 Å². The van der Waals surface area contributed by atoms with E-state index in [1.165, 1.54) is 24.3 Å². The van der Waals surface area contributed by atoms with Crippen LogP contribution in [-0.4, -0.2) is 30.6 Å². The van der Waals surface area contributed by atoms with Crippen LogP contribution in [0.1, 0.15) is 43.0 Å². The molecule has 0 radical (unpaired) electrons. The summed E-state index contributed by atoms with van der Waals surface area (Å²) in [5.74, 6) is 5.06. The van der Waals surface area contributed by atoms with Crippen molar-refractivity contribution in [3.8, 4) is 0 Å². The lowest BCUT2D eigenvalue weighted by Gasteiger charge is -2.24. The number of benzene rings is 1. The minimum Gasteiger partial charge on any atom is -0.393 e. The molecular weight excluding hydrogens is 375 g/mol. The van der Waals surface area contributed by atoms with Gasteiger partial charge in [-0.1, -0.05) is 0 Å². The van der Waals surface area contributed by atoms with Gasteiger partial charge in [0.15, 0.2) is 0 Å². The molecule has 0 bridgehead atoms. The number of carbonyl (C=O) groups is 2. The van der Waals surface area contributed by atoms with E-state index >= 15 is 0 Å². The quantitative estimate of drug-likeness (QED) is 0.303. The molecule has 1 aliphatic rings. The Bertz CT molecular complexity index is 743. The van der Waals surface area contributed by atoms with E-state index in [2.05, 4.69) is 10.6 Å². The maximum atomic E-state index is 12.7. The number of nitrogens with zero attached hydrogens (tertiary/aromatic N) is 1. The Kier molecular flexibility index (Phi) is 6.90. The van der Waals surface area contributed by atoms with Gasteiger partial charge in [0.05, 0.1) is 11.4 Å². The number of alkyl halides is 3. The first kappa shape index (κ1) is 21.5. The van der Waals surface area contributed by atoms with E-state index < -0.39 is 24.9 Å². The zero-order valence-corrected chi connectivity index (χ0v) is 15.5. The fraction of sp³-hybridized carbons (Fsp3) is 0.444. The average Bonchev–Trinajstić information content (AvgIpc) is 3.44. The molecule has 6 N–H and O–H groups in total. The van der Waals surface area contributed by atoms with Gasteiger partial charge in [0.2, 0.25) is 0 Å². The maximum absolute atomic E-state index is 12.7. The van der Waals surface area contributed by atoms with Crippen molar-refractivity contribution in [2.24, 2.45) is 11.6 Å². The van der Waals surface area contributed by atoms with E-state index in [4.69, 9.17) is 11.6 Å². The van der Waals surface area contributed by atoms with Crippen LogP contribution in [0, 0.1) is 0 Å². The number of nitrogens with two attached hydrogens (primary N) is 2. The molecule has 1 aromatic carbocycles. The summed E-state index contributed by atoms with van der Waals surface area (Å²) < 4.78 is 38.1. The highest BCUT2D eigenvalue weighted by molar-refractivity contribution is 5.95. The second kappa shape index (κ2) is 8.96. The first-order valence-electron chi connectivity index (χ1n) is 8.91. The summed E-state index contributed by atoms with van der Waals surface area (Å²) in [4.78, 5) is 24.0. The first-order chi connectivity index (χ1) is 13.1. The van der Waals surface area contributed by atoms with E-state index in [0.717, 1.165) is 17.9 Å². The summed E-state index contributed by atoms with van der Waals surface area (Å²) in [6, 6.07) is 5.93. The lowest BCUT2D eigenvalue weighted by molar-refractivity contribution is -0.134. The standard InChI is InChI=1S/C18H24F3N5O2/c1-2-24-16(27)11-3-7-13(8-4-11)26(23)14(9-10-18(19,20)21)15(22)17(28)25-12-5-6-12/h3-4,7-8,12H,2,5-6,9-10,22-23H2,1H3,(H,24,27)(H,25,28)/b15-14-. The molecule has 2 rings (SSSR count). The molecule has 0 saturated heterocycles. The third kappa shape index (κ3) is 6.15. The van der Waals surface area contributed by atoms with E-state index in [9.17, 15) is 22.8 Å². The van der Waals surface area contributed by atoms with Gasteiger partial charge in [0, 0.05) is 31.0 Å². The molecule has 0 spiro atoms. The summed E-state index contributed by atoms with van der Waals surface area (Å²) >= 11 is 0. The van der Waals surface area contributed by atoms with E-state index in [0.29, 0.717) is 17.8 Å². The number of hydrogen-bond donors (Lipinski definition) is 4. The van der Waals surface area contributed by atoms with Crippen molar-refractivity contribution < 1.29 is 22.8 Å². The Morgan fingerprint density at radius 1 is 1.21 bits per heavy atom. The number of carbonyl (C=O) groups excluding carboxylic acids is 2. The molecule has 1 aromatic rings. The number of allylic oxidation sites excluding steroid dienone is 1. The Hall–Kier alpha value is -2.75. The number of nitrogens with one attached hydrogen (secondary N) is 2. The molecule has 10 heteroatoms. The van der Waals surface area contributed by atoms with E-state index in [1.807, 2.05) is 0 Å². The molecule has 154 valence electrons. The SMILES string of the molecule is CCNC(=O)c1ccc(N(N)/C(CCC(F)(F)F)=C(\N)C(=O)NC2CC2)cc1. The zero-order chi connectivity index (χ0) is 20.9. The number of hydrazine groups is 1. The zero-order valence-electron chi connectivity index (χ0n) is 15.5. The molecule has 1 aliphatic carbocycles. The summed E-state index contributed by atoms with van der Waals surface area (Å²) in [6.07, 6.45) is -4.54. The Morgan fingerprint density at radius 2 is 1.82 bits per heavy atom. The van der Waals surface area contributed by atoms with Crippen molar-refractivity contribution >= 4 is 17.5 Å². The minimum absolute atomic E-state index is 0.00231. The molecule has 28 heavy (non-hydrogen) atoms. The van der Waals surface area contributed by atoms with Crippen LogP contribution in [0.3, 0.4) is 0 Å². The average molecular weight is 399 g/mol. The van der Waals surface area contributed by atoms with Crippen LogP contribution < -0.4 is 27.2 Å². The lowest BCUT2D eigenvalue weighted by Crippen LogP contribution is -2.38. The summed E-state index contributed by atoms with van der Waals surface area (Å²) in [7, 11) is 0. The molecule has 0 unspecified atom stereocenters. The van der Waals surface area contributed by atoms with Crippen LogP contribution in [0.15, 0.2) is 35.7 Å². The van der Waals surface area contributed by atoms with Crippen molar-refractivity contribution in [1.29, 1.82) is 0 Å². The monoisotopic (exact) mass is 399 g/mol. The van der Waals surface area contributed by atoms with Gasteiger partial charge in [-0.15, -0.1) is 0 Å². The number of rotatable bonds is 8. The van der Waals surface area contributed by atoms with Gasteiger partial charge in [-0.2, -0.15) is 13.2 Å². The second-order valence-corrected chi connectivity index (χ2v) is 6.50. The van der Waals surface area contributed by atoms with Crippen molar-refractivity contribution in [2.45, 2.75) is 44.8 Å². The smallest absolute Gasteiger partial charge is 0.389 e. The predicted molar refractivity (Wildman–Crippen MR) is 98.8 cm³/mol. The lowest BCUT2D eigenvalue weighted by atomic mass is 10.1. The number of amides is 2. The van der Waals surface area contributed by atoms with Gasteiger partial charge in [-0.25, -0.2) is 5.84 Å². The molecular formula is C18H24F3N5O2. The first-order valence-corrected chi connectivity index (χ1v) is 8.91. The predicted octanol–water partition coefficient (Wildman–Crippen LogP) is 1.91. The van der Waals surface area contributed by atoms with Crippen molar-refractivity contribution in [1.82, 2.24) is 10.6 Å². The molecule has 0 heterocycles. The van der Waals surface area contributed by atoms with Gasteiger partial charge in [0.25, 0.3) is 11.8 Å². The highest BCUT2D eigenvalue weighted by atomic mass is 19.4. The van der Waals surface area contributed by atoms with E-state index in [-0.39, 0.29) is 23.3 Å².